The molecule has 0 spiro atoms. The van der Waals surface area contributed by atoms with E-state index in [1.807, 2.05) is 45.0 Å². The lowest BCUT2D eigenvalue weighted by Gasteiger charge is -2.37. The normalized spacial score (nSPS) is 20.9. The fourth-order valence-corrected chi connectivity index (χ4v) is 4.72. The van der Waals surface area contributed by atoms with Gasteiger partial charge in [0.05, 0.1) is 0 Å². The van der Waals surface area contributed by atoms with Gasteiger partial charge in [-0.05, 0) is 57.9 Å². The van der Waals surface area contributed by atoms with E-state index in [9.17, 15) is 14.4 Å². The highest BCUT2D eigenvalue weighted by molar-refractivity contribution is 6.05. The molecule has 0 radical (unpaired) electrons. The van der Waals surface area contributed by atoms with Crippen molar-refractivity contribution in [3.8, 4) is 5.75 Å². The van der Waals surface area contributed by atoms with Crippen molar-refractivity contribution in [1.82, 2.24) is 20.0 Å². The molecule has 1 aromatic carbocycles. The Morgan fingerprint density at radius 3 is 2.11 bits per heavy atom. The number of piperidine rings is 1. The first kappa shape index (κ1) is 26.2. The van der Waals surface area contributed by atoms with Crippen LogP contribution >= 0.6 is 0 Å². The highest BCUT2D eigenvalue weighted by Gasteiger charge is 2.27. The molecule has 0 saturated carbocycles. The van der Waals surface area contributed by atoms with Crippen molar-refractivity contribution in [2.45, 2.75) is 51.7 Å². The Morgan fingerprint density at radius 2 is 1.53 bits per heavy atom. The molecule has 10 nitrogen and oxygen atoms in total. The number of amides is 4. The van der Waals surface area contributed by atoms with Crippen LogP contribution in [0.3, 0.4) is 0 Å². The topological polar surface area (TPSA) is 94.7 Å². The molecule has 36 heavy (non-hydrogen) atoms. The molecule has 0 aromatic heterocycles. The van der Waals surface area contributed by atoms with Crippen molar-refractivity contribution in [3.63, 3.8) is 0 Å². The second kappa shape index (κ2) is 11.5. The number of likely N-dealkylation sites (tertiary alicyclic amines) is 1. The zero-order chi connectivity index (χ0) is 25.7. The van der Waals surface area contributed by atoms with Crippen LogP contribution in [-0.2, 0) is 9.53 Å². The number of carbonyl (C=O) groups excluding carboxylic acids is 3. The Bertz CT molecular complexity index is 916. The summed E-state index contributed by atoms with van der Waals surface area (Å²) in [5, 5.41) is 2.35. The number of carbonyl (C=O) groups is 3. The summed E-state index contributed by atoms with van der Waals surface area (Å²) in [5.74, 6) is 0.567. The molecule has 3 aliphatic heterocycles. The Balaban J connectivity index is 1.13. The van der Waals surface area contributed by atoms with Gasteiger partial charge in [-0.15, -0.1) is 0 Å². The van der Waals surface area contributed by atoms with Crippen molar-refractivity contribution < 1.29 is 23.9 Å². The maximum Gasteiger partial charge on any atom is 0.410 e. The number of urea groups is 1. The summed E-state index contributed by atoms with van der Waals surface area (Å²) >= 11 is 0. The summed E-state index contributed by atoms with van der Waals surface area (Å²) in [5.41, 5.74) is 0.302. The van der Waals surface area contributed by atoms with E-state index in [0.717, 1.165) is 63.5 Å². The first-order chi connectivity index (χ1) is 17.2. The molecule has 0 aliphatic carbocycles. The van der Waals surface area contributed by atoms with Gasteiger partial charge in [0.1, 0.15) is 17.5 Å². The predicted molar refractivity (Wildman–Crippen MR) is 136 cm³/mol. The molecular weight excluding hydrogens is 462 g/mol. The van der Waals surface area contributed by atoms with E-state index in [0.29, 0.717) is 26.1 Å². The zero-order valence-electron chi connectivity index (χ0n) is 21.7. The molecule has 1 N–H and O–H groups in total. The Morgan fingerprint density at radius 1 is 0.917 bits per heavy atom. The summed E-state index contributed by atoms with van der Waals surface area (Å²) in [4.78, 5) is 43.9. The van der Waals surface area contributed by atoms with E-state index >= 15 is 0 Å². The molecule has 3 heterocycles. The molecule has 0 atom stereocenters. The molecule has 3 aliphatic rings. The molecule has 4 rings (SSSR count). The van der Waals surface area contributed by atoms with E-state index in [1.165, 1.54) is 0 Å². The lowest BCUT2D eigenvalue weighted by Crippen LogP contribution is -2.51. The average molecular weight is 502 g/mol. The Labute approximate surface area is 213 Å². The Kier molecular flexibility index (Phi) is 8.35. The number of anilines is 1. The summed E-state index contributed by atoms with van der Waals surface area (Å²) in [6.07, 6.45) is 2.23. The minimum atomic E-state index is -0.457. The number of nitrogens with one attached hydrogen (secondary N) is 1. The smallest absolute Gasteiger partial charge is 0.410 e. The van der Waals surface area contributed by atoms with Gasteiger partial charge in [0.25, 0.3) is 0 Å². The molecule has 4 amide bonds. The lowest BCUT2D eigenvalue weighted by molar-refractivity contribution is -0.120. The van der Waals surface area contributed by atoms with Crippen LogP contribution < -0.4 is 15.0 Å². The largest absolute Gasteiger partial charge is 0.490 e. The molecule has 1 aromatic rings. The molecule has 0 bridgehead atoms. The quantitative estimate of drug-likeness (QED) is 0.640. The third kappa shape index (κ3) is 7.33. The van der Waals surface area contributed by atoms with Crippen LogP contribution in [0.1, 0.15) is 40.0 Å². The number of piperazine rings is 1. The summed E-state index contributed by atoms with van der Waals surface area (Å²) < 4.78 is 11.7. The van der Waals surface area contributed by atoms with Crippen LogP contribution in [-0.4, -0.2) is 103 Å². The van der Waals surface area contributed by atoms with Crippen LogP contribution in [0, 0.1) is 0 Å². The number of ether oxygens (including phenoxy) is 2. The fourth-order valence-electron chi connectivity index (χ4n) is 4.72. The highest BCUT2D eigenvalue weighted by Crippen LogP contribution is 2.24. The molecule has 198 valence electrons. The zero-order valence-corrected chi connectivity index (χ0v) is 21.7. The average Bonchev–Trinajstić information content (AvgIpc) is 2.84. The highest BCUT2D eigenvalue weighted by atomic mass is 16.6. The fraction of sp³-hybridized carbons (Fsp3) is 0.654. The summed E-state index contributed by atoms with van der Waals surface area (Å²) in [6.45, 7) is 13.3. The SMILES string of the molecule is CC(C)(C)OC(=O)N1CCN(CCN2CCC(Oc3ccc(N4CCC(=O)NC4=O)cc3)CC2)CC1. The van der Waals surface area contributed by atoms with Crippen molar-refractivity contribution in [2.24, 2.45) is 0 Å². The third-order valence-electron chi connectivity index (χ3n) is 6.80. The van der Waals surface area contributed by atoms with E-state index < -0.39 is 5.60 Å². The van der Waals surface area contributed by atoms with Gasteiger partial charge >= 0.3 is 12.1 Å². The second-order valence-corrected chi connectivity index (χ2v) is 10.7. The van der Waals surface area contributed by atoms with E-state index in [2.05, 4.69) is 15.1 Å². The van der Waals surface area contributed by atoms with Crippen LogP contribution in [0.4, 0.5) is 15.3 Å². The van der Waals surface area contributed by atoms with E-state index in [-0.39, 0.29) is 24.1 Å². The van der Waals surface area contributed by atoms with Crippen molar-refractivity contribution in [1.29, 1.82) is 0 Å². The predicted octanol–water partition coefficient (Wildman–Crippen LogP) is 2.53. The molecule has 0 unspecified atom stereocenters. The van der Waals surface area contributed by atoms with Gasteiger partial charge in [-0.3, -0.25) is 19.9 Å². The number of imide groups is 1. The van der Waals surface area contributed by atoms with Gasteiger partial charge in [-0.25, -0.2) is 9.59 Å². The molecular formula is C26H39N5O5. The number of rotatable bonds is 6. The standard InChI is InChI=1S/C26H39N5O5/c1-26(2,3)36-25(34)30-18-16-29(17-19-30)15-14-28-11-8-22(9-12-28)35-21-6-4-20(5-7-21)31-13-10-23(32)27-24(31)33/h4-7,22H,8-19H2,1-3H3,(H,27,32,33). The van der Waals surface area contributed by atoms with Gasteiger partial charge in [0.15, 0.2) is 0 Å². The van der Waals surface area contributed by atoms with Crippen LogP contribution in [0.5, 0.6) is 5.75 Å². The summed E-state index contributed by atoms with van der Waals surface area (Å²) in [6, 6.07) is 7.13. The van der Waals surface area contributed by atoms with Crippen molar-refractivity contribution in [3.05, 3.63) is 24.3 Å². The molecule has 10 heteroatoms. The number of hydrogen-bond donors (Lipinski definition) is 1. The van der Waals surface area contributed by atoms with Gasteiger partial charge in [-0.1, -0.05) is 0 Å². The van der Waals surface area contributed by atoms with Crippen LogP contribution in [0.25, 0.3) is 0 Å². The minimum Gasteiger partial charge on any atom is -0.490 e. The van der Waals surface area contributed by atoms with Gasteiger partial charge in [0.2, 0.25) is 5.91 Å². The number of benzene rings is 1. The lowest BCUT2D eigenvalue weighted by atomic mass is 10.1. The van der Waals surface area contributed by atoms with E-state index in [4.69, 9.17) is 9.47 Å². The molecule has 3 saturated heterocycles. The number of nitrogens with zero attached hydrogens (tertiary/aromatic N) is 4. The van der Waals surface area contributed by atoms with Crippen molar-refractivity contribution in [2.75, 3.05) is 63.8 Å². The molecule has 3 fully saturated rings. The van der Waals surface area contributed by atoms with Crippen LogP contribution in [0.15, 0.2) is 24.3 Å². The van der Waals surface area contributed by atoms with Gasteiger partial charge < -0.3 is 19.3 Å². The van der Waals surface area contributed by atoms with Crippen LogP contribution in [0.2, 0.25) is 0 Å². The maximum atomic E-state index is 12.2. The van der Waals surface area contributed by atoms with Gasteiger partial charge in [-0.2, -0.15) is 0 Å². The van der Waals surface area contributed by atoms with E-state index in [1.54, 1.807) is 9.80 Å². The Hall–Kier alpha value is -2.85. The van der Waals surface area contributed by atoms with Gasteiger partial charge in [0, 0.05) is 71.0 Å². The second-order valence-electron chi connectivity index (χ2n) is 10.7. The maximum absolute atomic E-state index is 12.2. The summed E-state index contributed by atoms with van der Waals surface area (Å²) in [7, 11) is 0. The number of hydrogen-bond acceptors (Lipinski definition) is 7. The first-order valence-corrected chi connectivity index (χ1v) is 13.0. The minimum absolute atomic E-state index is 0.181. The van der Waals surface area contributed by atoms with Crippen molar-refractivity contribution >= 4 is 23.7 Å². The first-order valence-electron chi connectivity index (χ1n) is 13.0. The monoisotopic (exact) mass is 501 g/mol. The third-order valence-corrected chi connectivity index (χ3v) is 6.80.